The predicted octanol–water partition coefficient (Wildman–Crippen LogP) is 4.37. The van der Waals surface area contributed by atoms with E-state index in [0.29, 0.717) is 23.7 Å². The normalized spacial score (nSPS) is 10.6. The average Bonchev–Trinajstić information content (AvgIpc) is 3.42. The van der Waals surface area contributed by atoms with Crippen molar-refractivity contribution in [2.24, 2.45) is 0 Å². The van der Waals surface area contributed by atoms with Crippen LogP contribution in [0.25, 0.3) is 11.3 Å². The van der Waals surface area contributed by atoms with Gasteiger partial charge in [-0.3, -0.25) is 14.3 Å². The number of hydrogen-bond donors (Lipinski definition) is 2. The highest BCUT2D eigenvalue weighted by Crippen LogP contribution is 2.22. The van der Waals surface area contributed by atoms with Gasteiger partial charge in [-0.25, -0.2) is 0 Å². The molecule has 8 heteroatoms. The number of benzene rings is 2. The number of aryl methyl sites for hydroxylation is 2. The summed E-state index contributed by atoms with van der Waals surface area (Å²) >= 11 is 0. The molecule has 0 atom stereocenters. The smallest absolute Gasteiger partial charge is 0.278 e. The fraction of sp³-hybridized carbons (Fsp3) is 0.130. The minimum Gasteiger partial charge on any atom is -0.355 e. The minimum atomic E-state index is -0.494. The molecule has 0 aliphatic carbocycles. The van der Waals surface area contributed by atoms with Crippen LogP contribution in [0.2, 0.25) is 0 Å². The molecule has 156 valence electrons. The van der Waals surface area contributed by atoms with Gasteiger partial charge in [0.2, 0.25) is 0 Å². The monoisotopic (exact) mass is 415 g/mol. The van der Waals surface area contributed by atoms with E-state index in [0.717, 1.165) is 11.1 Å². The Morgan fingerprint density at radius 2 is 1.74 bits per heavy atom. The maximum atomic E-state index is 12.7. The molecule has 2 aromatic carbocycles. The van der Waals surface area contributed by atoms with Crippen molar-refractivity contribution in [1.82, 2.24) is 14.9 Å². The summed E-state index contributed by atoms with van der Waals surface area (Å²) in [5.74, 6) is -0.433. The molecule has 2 amide bonds. The van der Waals surface area contributed by atoms with Crippen LogP contribution in [0.4, 0.5) is 11.4 Å². The first-order valence-electron chi connectivity index (χ1n) is 9.82. The largest absolute Gasteiger partial charge is 0.355 e. The van der Waals surface area contributed by atoms with Gasteiger partial charge in [-0.1, -0.05) is 53.2 Å². The van der Waals surface area contributed by atoms with Gasteiger partial charge in [0.15, 0.2) is 17.1 Å². The molecule has 4 aromatic rings. The van der Waals surface area contributed by atoms with E-state index in [1.165, 1.54) is 0 Å². The summed E-state index contributed by atoms with van der Waals surface area (Å²) in [4.78, 5) is 25.5. The van der Waals surface area contributed by atoms with Crippen molar-refractivity contribution in [3.8, 4) is 11.3 Å². The molecule has 0 spiro atoms. The van der Waals surface area contributed by atoms with Crippen molar-refractivity contribution in [3.63, 3.8) is 0 Å². The number of hydrogen-bond acceptors (Lipinski definition) is 5. The summed E-state index contributed by atoms with van der Waals surface area (Å²) in [5.41, 5.74) is 3.08. The van der Waals surface area contributed by atoms with Crippen molar-refractivity contribution in [1.29, 1.82) is 0 Å². The molecule has 0 aliphatic rings. The third-order valence-electron chi connectivity index (χ3n) is 4.66. The Labute approximate surface area is 178 Å². The van der Waals surface area contributed by atoms with E-state index in [4.69, 9.17) is 4.52 Å². The van der Waals surface area contributed by atoms with Gasteiger partial charge in [0.1, 0.15) is 0 Å². The van der Waals surface area contributed by atoms with E-state index >= 15 is 0 Å². The van der Waals surface area contributed by atoms with Crippen molar-refractivity contribution < 1.29 is 14.1 Å². The lowest BCUT2D eigenvalue weighted by Gasteiger charge is -2.05. The van der Waals surface area contributed by atoms with Crippen LogP contribution in [-0.4, -0.2) is 26.8 Å². The number of anilines is 2. The summed E-state index contributed by atoms with van der Waals surface area (Å²) in [7, 11) is 0. The fourth-order valence-corrected chi connectivity index (χ4v) is 2.98. The third-order valence-corrected chi connectivity index (χ3v) is 4.66. The first kappa shape index (κ1) is 20.1. The molecule has 4 rings (SSSR count). The zero-order valence-electron chi connectivity index (χ0n) is 17.1. The Morgan fingerprint density at radius 3 is 2.45 bits per heavy atom. The Balaban J connectivity index is 1.53. The van der Waals surface area contributed by atoms with Crippen molar-refractivity contribution in [2.75, 3.05) is 10.6 Å². The highest BCUT2D eigenvalue weighted by Gasteiger charge is 2.21. The molecule has 0 radical (unpaired) electrons. The summed E-state index contributed by atoms with van der Waals surface area (Å²) in [6.07, 6.45) is 1.61. The molecule has 0 aliphatic heterocycles. The van der Waals surface area contributed by atoms with Gasteiger partial charge in [-0.2, -0.15) is 5.10 Å². The van der Waals surface area contributed by atoms with E-state index in [2.05, 4.69) is 20.9 Å². The van der Waals surface area contributed by atoms with E-state index in [1.807, 2.05) is 56.3 Å². The predicted molar refractivity (Wildman–Crippen MR) is 117 cm³/mol. The lowest BCUT2D eigenvalue weighted by molar-refractivity contribution is 0.101. The van der Waals surface area contributed by atoms with Gasteiger partial charge >= 0.3 is 0 Å². The third kappa shape index (κ3) is 4.53. The van der Waals surface area contributed by atoms with Crippen LogP contribution in [0.1, 0.15) is 33.5 Å². The SMILES string of the molecule is CCn1cc(NC(=O)c2cc(-c3ccc(C)cc3)on2)c(C(=O)Nc2ccccc2)n1. The minimum absolute atomic E-state index is 0.106. The van der Waals surface area contributed by atoms with E-state index in [9.17, 15) is 9.59 Å². The highest BCUT2D eigenvalue weighted by molar-refractivity contribution is 6.11. The van der Waals surface area contributed by atoms with E-state index < -0.39 is 11.8 Å². The number of para-hydroxylation sites is 1. The molecule has 0 saturated heterocycles. The van der Waals surface area contributed by atoms with Crippen LogP contribution in [0, 0.1) is 6.92 Å². The van der Waals surface area contributed by atoms with Gasteiger partial charge in [-0.05, 0) is 26.0 Å². The number of carbonyl (C=O) groups is 2. The lowest BCUT2D eigenvalue weighted by Crippen LogP contribution is -2.18. The number of nitrogens with one attached hydrogen (secondary N) is 2. The maximum absolute atomic E-state index is 12.7. The molecule has 2 heterocycles. The first-order chi connectivity index (χ1) is 15.0. The van der Waals surface area contributed by atoms with Crippen LogP contribution >= 0.6 is 0 Å². The van der Waals surface area contributed by atoms with Gasteiger partial charge in [-0.15, -0.1) is 0 Å². The number of nitrogens with zero attached hydrogens (tertiary/aromatic N) is 3. The molecule has 2 N–H and O–H groups in total. The summed E-state index contributed by atoms with van der Waals surface area (Å²) in [6, 6.07) is 18.3. The molecule has 31 heavy (non-hydrogen) atoms. The summed E-state index contributed by atoms with van der Waals surface area (Å²) < 4.78 is 6.90. The molecular formula is C23H21N5O3. The Kier molecular flexibility index (Phi) is 5.61. The zero-order chi connectivity index (χ0) is 21.8. The van der Waals surface area contributed by atoms with Crippen molar-refractivity contribution in [2.45, 2.75) is 20.4 Å². The molecule has 0 bridgehead atoms. The number of rotatable bonds is 6. The van der Waals surface area contributed by atoms with Gasteiger partial charge in [0, 0.05) is 30.1 Å². The first-order valence-corrected chi connectivity index (χ1v) is 9.82. The quantitative estimate of drug-likeness (QED) is 0.487. The maximum Gasteiger partial charge on any atom is 0.278 e. The summed E-state index contributed by atoms with van der Waals surface area (Å²) in [6.45, 7) is 4.43. The van der Waals surface area contributed by atoms with Gasteiger partial charge in [0.25, 0.3) is 11.8 Å². The molecule has 8 nitrogen and oxygen atoms in total. The number of aromatic nitrogens is 3. The van der Waals surface area contributed by atoms with Gasteiger partial charge in [0.05, 0.1) is 5.69 Å². The molecule has 0 unspecified atom stereocenters. The Hall–Kier alpha value is -4.20. The molecule has 0 saturated carbocycles. The van der Waals surface area contributed by atoms with E-state index in [1.54, 1.807) is 29.1 Å². The highest BCUT2D eigenvalue weighted by atomic mass is 16.5. The van der Waals surface area contributed by atoms with Crippen LogP contribution < -0.4 is 10.6 Å². The van der Waals surface area contributed by atoms with E-state index in [-0.39, 0.29) is 11.4 Å². The lowest BCUT2D eigenvalue weighted by atomic mass is 10.1. The number of amides is 2. The second-order valence-corrected chi connectivity index (χ2v) is 6.96. The topological polar surface area (TPSA) is 102 Å². The second-order valence-electron chi connectivity index (χ2n) is 6.96. The Bertz CT molecular complexity index is 1210. The standard InChI is InChI=1S/C23H21N5O3/c1-3-28-14-19(21(26-28)23(30)24-17-7-5-4-6-8-17)25-22(29)18-13-20(31-27-18)16-11-9-15(2)10-12-16/h4-14H,3H2,1-2H3,(H,24,30)(H,25,29). The molecule has 0 fully saturated rings. The second kappa shape index (κ2) is 8.66. The van der Waals surface area contributed by atoms with Crippen LogP contribution in [0.15, 0.2) is 71.4 Å². The zero-order valence-corrected chi connectivity index (χ0v) is 17.1. The van der Waals surface area contributed by atoms with Gasteiger partial charge < -0.3 is 15.2 Å². The Morgan fingerprint density at radius 1 is 1.00 bits per heavy atom. The van der Waals surface area contributed by atoms with Crippen LogP contribution in [0.3, 0.4) is 0 Å². The average molecular weight is 415 g/mol. The number of carbonyl (C=O) groups excluding carboxylic acids is 2. The molecular weight excluding hydrogens is 394 g/mol. The fourth-order valence-electron chi connectivity index (χ4n) is 2.98. The summed E-state index contributed by atoms with van der Waals surface area (Å²) in [5, 5.41) is 13.6. The molecule has 2 aromatic heterocycles. The van der Waals surface area contributed by atoms with Crippen molar-refractivity contribution in [3.05, 3.63) is 83.8 Å². The van der Waals surface area contributed by atoms with Crippen molar-refractivity contribution >= 4 is 23.2 Å². The van der Waals surface area contributed by atoms with Crippen LogP contribution in [-0.2, 0) is 6.54 Å². The van der Waals surface area contributed by atoms with Crippen LogP contribution in [0.5, 0.6) is 0 Å².